The summed E-state index contributed by atoms with van der Waals surface area (Å²) in [5.74, 6) is 0.532. The minimum Gasteiger partial charge on any atom is -0.358 e. The average Bonchev–Trinajstić information content (AvgIpc) is 2.91. The normalized spacial score (nSPS) is 20.9. The maximum Gasteiger partial charge on any atom is 0.214 e. The Morgan fingerprint density at radius 3 is 2.90 bits per heavy atom. The van der Waals surface area contributed by atoms with Crippen molar-refractivity contribution in [1.82, 2.24) is 9.29 Å². The molecular formula is C16H22N2O2S. The highest BCUT2D eigenvalue weighted by Crippen LogP contribution is 2.30. The first-order chi connectivity index (χ1) is 10.1. The van der Waals surface area contributed by atoms with Gasteiger partial charge in [0.1, 0.15) is 0 Å². The van der Waals surface area contributed by atoms with Crippen molar-refractivity contribution in [3.8, 4) is 0 Å². The lowest BCUT2D eigenvalue weighted by atomic mass is 9.96. The van der Waals surface area contributed by atoms with Crippen molar-refractivity contribution >= 4 is 20.9 Å². The molecule has 1 unspecified atom stereocenters. The molecule has 114 valence electrons. The van der Waals surface area contributed by atoms with Gasteiger partial charge < -0.3 is 4.98 Å². The third-order valence-electron chi connectivity index (χ3n) is 4.23. The van der Waals surface area contributed by atoms with Gasteiger partial charge in [-0.25, -0.2) is 12.7 Å². The average molecular weight is 306 g/mol. The highest BCUT2D eigenvalue weighted by atomic mass is 32.2. The zero-order valence-corrected chi connectivity index (χ0v) is 13.2. The van der Waals surface area contributed by atoms with Crippen molar-refractivity contribution in [2.45, 2.75) is 32.1 Å². The zero-order valence-electron chi connectivity index (χ0n) is 12.4. The molecule has 1 aliphatic rings. The molecule has 3 rings (SSSR count). The van der Waals surface area contributed by atoms with Crippen LogP contribution in [0.3, 0.4) is 0 Å². The van der Waals surface area contributed by atoms with Crippen LogP contribution in [-0.2, 0) is 10.0 Å². The van der Waals surface area contributed by atoms with Crippen LogP contribution in [0.2, 0.25) is 0 Å². The molecule has 4 nitrogen and oxygen atoms in total. The van der Waals surface area contributed by atoms with Crippen molar-refractivity contribution in [2.75, 3.05) is 18.8 Å². The third-order valence-corrected chi connectivity index (χ3v) is 6.27. The fourth-order valence-corrected chi connectivity index (χ4v) is 4.74. The monoisotopic (exact) mass is 306 g/mol. The lowest BCUT2D eigenvalue weighted by Gasteiger charge is -2.31. The van der Waals surface area contributed by atoms with Crippen molar-refractivity contribution in [2.24, 2.45) is 0 Å². The Balaban J connectivity index is 1.82. The molecule has 1 saturated heterocycles. The minimum atomic E-state index is -3.08. The third kappa shape index (κ3) is 2.99. The van der Waals surface area contributed by atoms with Gasteiger partial charge in [0, 0.05) is 30.2 Å². The summed E-state index contributed by atoms with van der Waals surface area (Å²) in [5.41, 5.74) is 2.29. The summed E-state index contributed by atoms with van der Waals surface area (Å²) in [6.07, 6.45) is 2.66. The number of para-hydroxylation sites is 1. The Bertz CT molecular complexity index is 688. The number of aromatic nitrogens is 1. The molecule has 0 amide bonds. The van der Waals surface area contributed by atoms with E-state index in [1.807, 2.05) is 19.1 Å². The molecule has 1 aliphatic heterocycles. The van der Waals surface area contributed by atoms with Gasteiger partial charge in [0.15, 0.2) is 0 Å². The highest BCUT2D eigenvalue weighted by Gasteiger charge is 2.29. The number of H-pyrrole nitrogens is 1. The molecule has 0 bridgehead atoms. The van der Waals surface area contributed by atoms with E-state index in [0.717, 1.165) is 24.1 Å². The summed E-state index contributed by atoms with van der Waals surface area (Å²) in [6, 6.07) is 10.4. The first kappa shape index (κ1) is 14.6. The number of aromatic amines is 1. The quantitative estimate of drug-likeness (QED) is 0.943. The summed E-state index contributed by atoms with van der Waals surface area (Å²) >= 11 is 0. The summed E-state index contributed by atoms with van der Waals surface area (Å²) < 4.78 is 26.2. The van der Waals surface area contributed by atoms with E-state index in [1.165, 1.54) is 5.39 Å². The molecule has 21 heavy (non-hydrogen) atoms. The van der Waals surface area contributed by atoms with Gasteiger partial charge in [0.05, 0.1) is 5.75 Å². The molecule has 0 saturated carbocycles. The van der Waals surface area contributed by atoms with Crippen LogP contribution in [0.4, 0.5) is 0 Å². The van der Waals surface area contributed by atoms with Crippen molar-refractivity contribution in [3.05, 3.63) is 36.0 Å². The van der Waals surface area contributed by atoms with E-state index in [0.29, 0.717) is 19.5 Å². The topological polar surface area (TPSA) is 53.2 Å². The van der Waals surface area contributed by atoms with E-state index >= 15 is 0 Å². The van der Waals surface area contributed by atoms with E-state index in [4.69, 9.17) is 0 Å². The molecule has 1 N–H and O–H groups in total. The number of nitrogens with zero attached hydrogens (tertiary/aromatic N) is 1. The first-order valence-electron chi connectivity index (χ1n) is 7.65. The Morgan fingerprint density at radius 2 is 2.14 bits per heavy atom. The molecule has 1 aromatic carbocycles. The smallest absolute Gasteiger partial charge is 0.214 e. The Hall–Kier alpha value is -1.33. The Kier molecular flexibility index (Phi) is 4.04. The maximum absolute atomic E-state index is 12.3. The fraction of sp³-hybridized carbons (Fsp3) is 0.500. The number of fused-ring (bicyclic) bond motifs is 1. The highest BCUT2D eigenvalue weighted by molar-refractivity contribution is 7.89. The van der Waals surface area contributed by atoms with Gasteiger partial charge in [0.25, 0.3) is 0 Å². The van der Waals surface area contributed by atoms with Crippen LogP contribution in [-0.4, -0.2) is 36.5 Å². The molecule has 0 aliphatic carbocycles. The first-order valence-corrected chi connectivity index (χ1v) is 9.26. The van der Waals surface area contributed by atoms with Gasteiger partial charge in [-0.15, -0.1) is 0 Å². The van der Waals surface area contributed by atoms with Crippen LogP contribution in [0.25, 0.3) is 10.9 Å². The van der Waals surface area contributed by atoms with Gasteiger partial charge >= 0.3 is 0 Å². The largest absolute Gasteiger partial charge is 0.358 e. The minimum absolute atomic E-state index is 0.256. The number of benzene rings is 1. The van der Waals surface area contributed by atoms with Crippen LogP contribution < -0.4 is 0 Å². The Labute approximate surface area is 126 Å². The predicted octanol–water partition coefficient (Wildman–Crippen LogP) is 3.09. The summed E-state index contributed by atoms with van der Waals surface area (Å²) in [6.45, 7) is 3.19. The maximum atomic E-state index is 12.3. The Morgan fingerprint density at radius 1 is 1.33 bits per heavy atom. The number of sulfonamides is 1. The lowest BCUT2D eigenvalue weighted by Crippen LogP contribution is -2.40. The second-order valence-electron chi connectivity index (χ2n) is 5.83. The molecule has 1 aromatic heterocycles. The molecule has 1 fully saturated rings. The van der Waals surface area contributed by atoms with Gasteiger partial charge in [-0.05, 0) is 36.8 Å². The number of nitrogens with one attached hydrogen (secondary N) is 1. The van der Waals surface area contributed by atoms with Crippen LogP contribution in [0, 0.1) is 0 Å². The van der Waals surface area contributed by atoms with Crippen molar-refractivity contribution in [1.29, 1.82) is 0 Å². The number of hydrogen-bond donors (Lipinski definition) is 1. The molecule has 5 heteroatoms. The summed E-state index contributed by atoms with van der Waals surface area (Å²) in [7, 11) is -3.08. The van der Waals surface area contributed by atoms with Crippen molar-refractivity contribution in [3.63, 3.8) is 0 Å². The van der Waals surface area contributed by atoms with E-state index in [1.54, 1.807) is 4.31 Å². The van der Waals surface area contributed by atoms with Crippen LogP contribution in [0.5, 0.6) is 0 Å². The van der Waals surface area contributed by atoms with E-state index < -0.39 is 10.0 Å². The van der Waals surface area contributed by atoms with E-state index in [9.17, 15) is 8.42 Å². The lowest BCUT2D eigenvalue weighted by molar-refractivity contribution is 0.313. The molecule has 0 spiro atoms. The van der Waals surface area contributed by atoms with Gasteiger partial charge in [-0.3, -0.25) is 0 Å². The molecule has 1 atom stereocenters. The van der Waals surface area contributed by atoms with Crippen molar-refractivity contribution < 1.29 is 8.42 Å². The van der Waals surface area contributed by atoms with Crippen LogP contribution in [0.15, 0.2) is 30.3 Å². The molecule has 0 radical (unpaired) electrons. The zero-order chi connectivity index (χ0) is 14.9. The van der Waals surface area contributed by atoms with Crippen LogP contribution in [0.1, 0.15) is 37.8 Å². The summed E-state index contributed by atoms with van der Waals surface area (Å²) in [4.78, 5) is 3.45. The second-order valence-corrected chi connectivity index (χ2v) is 7.91. The molecule has 2 heterocycles. The molecule has 2 aromatic rings. The second kappa shape index (κ2) is 5.81. The number of hydrogen-bond acceptors (Lipinski definition) is 2. The molecular weight excluding hydrogens is 284 g/mol. The van der Waals surface area contributed by atoms with E-state index in [2.05, 4.69) is 23.2 Å². The predicted molar refractivity (Wildman–Crippen MR) is 85.9 cm³/mol. The standard InChI is InChI=1S/C16H22N2O2S/c1-2-10-21(19,20)18-9-5-7-14(12-18)16-11-13-6-3-4-8-15(13)17-16/h3-4,6,8,11,14,17H,2,5,7,9-10,12H2,1H3. The number of rotatable bonds is 4. The van der Waals surface area contributed by atoms with Gasteiger partial charge in [0.2, 0.25) is 10.0 Å². The SMILES string of the molecule is CCCS(=O)(=O)N1CCCC(c2cc3ccccc3[nH]2)C1. The summed E-state index contributed by atoms with van der Waals surface area (Å²) in [5, 5.41) is 1.20. The van der Waals surface area contributed by atoms with Crippen LogP contribution >= 0.6 is 0 Å². The van der Waals surface area contributed by atoms with Gasteiger partial charge in [-0.2, -0.15) is 0 Å². The fourth-order valence-electron chi connectivity index (χ4n) is 3.15. The number of piperidine rings is 1. The van der Waals surface area contributed by atoms with E-state index in [-0.39, 0.29) is 11.7 Å². The van der Waals surface area contributed by atoms with Gasteiger partial charge in [-0.1, -0.05) is 25.1 Å².